The molecule has 0 aliphatic carbocycles. The number of hydrogen-bond acceptors (Lipinski definition) is 5. The van der Waals surface area contributed by atoms with Crippen LogP contribution in [0.2, 0.25) is 0 Å². The molecule has 27 heavy (non-hydrogen) atoms. The second-order valence-electron chi connectivity index (χ2n) is 6.37. The Labute approximate surface area is 166 Å². The molecule has 0 spiro atoms. The van der Waals surface area contributed by atoms with Crippen LogP contribution >= 0.6 is 12.2 Å². The Morgan fingerprint density at radius 3 is 2.70 bits per heavy atom. The van der Waals surface area contributed by atoms with E-state index in [-0.39, 0.29) is 17.0 Å². The molecule has 0 saturated heterocycles. The van der Waals surface area contributed by atoms with Gasteiger partial charge in [-0.05, 0) is 38.3 Å². The van der Waals surface area contributed by atoms with E-state index >= 15 is 0 Å². The second kappa shape index (κ2) is 10.3. The quantitative estimate of drug-likeness (QED) is 0.504. The summed E-state index contributed by atoms with van der Waals surface area (Å²) in [6, 6.07) is 7.82. The van der Waals surface area contributed by atoms with Crippen molar-refractivity contribution in [3.05, 3.63) is 24.3 Å². The number of aromatic hydroxyl groups is 1. The smallest absolute Gasteiger partial charge is 0.220 e. The Morgan fingerprint density at radius 1 is 1.33 bits per heavy atom. The van der Waals surface area contributed by atoms with E-state index in [2.05, 4.69) is 34.3 Å². The molecule has 1 heterocycles. The lowest BCUT2D eigenvalue weighted by atomic mass is 10.2. The van der Waals surface area contributed by atoms with E-state index in [9.17, 15) is 5.11 Å². The highest BCUT2D eigenvalue weighted by atomic mass is 32.1. The monoisotopic (exact) mass is 391 g/mol. The molecule has 148 valence electrons. The number of likely N-dealkylation sites (N-methyl/N-ethyl adjacent to an activating group) is 1. The molecule has 1 atom stereocenters. The molecule has 1 aromatic carbocycles. The molecule has 7 nitrogen and oxygen atoms in total. The molecule has 0 aliphatic heterocycles. The molecular formula is C19H29N5O2S. The summed E-state index contributed by atoms with van der Waals surface area (Å²) in [5.74, 6) is 0.111. The van der Waals surface area contributed by atoms with Gasteiger partial charge in [-0.3, -0.25) is 0 Å². The number of aromatic nitrogens is 1. The van der Waals surface area contributed by atoms with Crippen molar-refractivity contribution in [2.45, 2.75) is 33.4 Å². The van der Waals surface area contributed by atoms with Gasteiger partial charge >= 0.3 is 0 Å². The van der Waals surface area contributed by atoms with Gasteiger partial charge in [0.1, 0.15) is 0 Å². The molecule has 0 radical (unpaired) electrons. The van der Waals surface area contributed by atoms with Crippen molar-refractivity contribution in [2.24, 2.45) is 10.2 Å². The van der Waals surface area contributed by atoms with Gasteiger partial charge in [-0.1, -0.05) is 32.0 Å². The molecule has 0 unspecified atom stereocenters. The topological polar surface area (TPSA) is 74.4 Å². The Bertz CT molecular complexity index is 786. The standard InChI is InChI=1S/C19H29N5O2S/c1-5-23(6-2)11-12-24-16-10-8-7-9-15(16)17(18(24)25)21-22-19(27)20-14(3)13-26-4/h7-10,14,25H,5-6,11-13H2,1-4H3,(H,20,27)/t14-/m0/s1. The fraction of sp³-hybridized carbons (Fsp3) is 0.526. The predicted molar refractivity (Wildman–Crippen MR) is 113 cm³/mol. The average molecular weight is 392 g/mol. The summed E-state index contributed by atoms with van der Waals surface area (Å²) >= 11 is 5.21. The van der Waals surface area contributed by atoms with E-state index in [0.29, 0.717) is 18.8 Å². The molecule has 0 saturated carbocycles. The first-order valence-corrected chi connectivity index (χ1v) is 9.66. The number of para-hydroxylation sites is 1. The molecule has 0 bridgehead atoms. The third-order valence-corrected chi connectivity index (χ3v) is 4.68. The van der Waals surface area contributed by atoms with Crippen molar-refractivity contribution in [3.8, 4) is 5.88 Å². The summed E-state index contributed by atoms with van der Waals surface area (Å²) in [5, 5.41) is 23.2. The van der Waals surface area contributed by atoms with E-state index in [1.165, 1.54) is 0 Å². The fourth-order valence-electron chi connectivity index (χ4n) is 3.00. The van der Waals surface area contributed by atoms with Crippen molar-refractivity contribution in [1.82, 2.24) is 14.8 Å². The molecule has 0 aliphatic rings. The largest absolute Gasteiger partial charge is 0.493 e. The predicted octanol–water partition coefficient (Wildman–Crippen LogP) is 3.68. The van der Waals surface area contributed by atoms with Crippen LogP contribution in [-0.4, -0.2) is 59.1 Å². The van der Waals surface area contributed by atoms with E-state index in [0.717, 1.165) is 30.5 Å². The van der Waals surface area contributed by atoms with Gasteiger partial charge in [-0.25, -0.2) is 0 Å². The van der Waals surface area contributed by atoms with Crippen molar-refractivity contribution in [3.63, 3.8) is 0 Å². The SMILES string of the molecule is CCN(CC)CCn1c(O)c(N=NC(=S)N[C@@H](C)COC)c2ccccc21. The van der Waals surface area contributed by atoms with Crippen molar-refractivity contribution >= 4 is 33.9 Å². The maximum absolute atomic E-state index is 10.8. The van der Waals surface area contributed by atoms with E-state index in [1.807, 2.05) is 35.8 Å². The van der Waals surface area contributed by atoms with Gasteiger partial charge in [0.05, 0.1) is 12.1 Å². The third-order valence-electron chi connectivity index (χ3n) is 4.48. The lowest BCUT2D eigenvalue weighted by Gasteiger charge is -2.18. The molecule has 1 aromatic heterocycles. The molecule has 8 heteroatoms. The third kappa shape index (κ3) is 5.47. The normalized spacial score (nSPS) is 12.9. The van der Waals surface area contributed by atoms with Crippen LogP contribution in [0.15, 0.2) is 34.5 Å². The lowest BCUT2D eigenvalue weighted by molar-refractivity contribution is 0.179. The Morgan fingerprint density at radius 2 is 2.04 bits per heavy atom. The van der Waals surface area contributed by atoms with E-state index in [1.54, 1.807) is 7.11 Å². The lowest BCUT2D eigenvalue weighted by Crippen LogP contribution is -2.33. The van der Waals surface area contributed by atoms with Crippen LogP contribution in [0.5, 0.6) is 5.88 Å². The van der Waals surface area contributed by atoms with Crippen LogP contribution < -0.4 is 5.32 Å². The van der Waals surface area contributed by atoms with Crippen molar-refractivity contribution in [1.29, 1.82) is 0 Å². The molecule has 0 amide bonds. The average Bonchev–Trinajstić information content (AvgIpc) is 2.92. The first-order chi connectivity index (χ1) is 13.0. The van der Waals surface area contributed by atoms with E-state index in [4.69, 9.17) is 17.0 Å². The van der Waals surface area contributed by atoms with Gasteiger partial charge in [0, 0.05) is 31.6 Å². The summed E-state index contributed by atoms with van der Waals surface area (Å²) in [6.07, 6.45) is 0. The number of rotatable bonds is 9. The molecule has 2 aromatic rings. The highest BCUT2D eigenvalue weighted by molar-refractivity contribution is 7.80. The van der Waals surface area contributed by atoms with Crippen molar-refractivity contribution in [2.75, 3.05) is 33.4 Å². The Kier molecular flexibility index (Phi) is 8.15. The number of fused-ring (bicyclic) bond motifs is 1. The summed E-state index contributed by atoms with van der Waals surface area (Å²) in [4.78, 5) is 2.31. The second-order valence-corrected chi connectivity index (χ2v) is 6.76. The zero-order valence-corrected chi connectivity index (χ0v) is 17.3. The summed E-state index contributed by atoms with van der Waals surface area (Å²) in [6.45, 7) is 10.2. The molecule has 2 rings (SSSR count). The number of nitrogens with one attached hydrogen (secondary N) is 1. The van der Waals surface area contributed by atoms with Crippen LogP contribution in [0, 0.1) is 0 Å². The van der Waals surface area contributed by atoms with Gasteiger partial charge < -0.3 is 24.6 Å². The van der Waals surface area contributed by atoms with E-state index < -0.39 is 0 Å². The fourth-order valence-corrected chi connectivity index (χ4v) is 3.25. The Balaban J connectivity index is 2.25. The Hall–Kier alpha value is -2.03. The minimum atomic E-state index is 0.0328. The summed E-state index contributed by atoms with van der Waals surface area (Å²) in [5.41, 5.74) is 1.37. The number of nitrogens with zero attached hydrogens (tertiary/aromatic N) is 4. The van der Waals surface area contributed by atoms with Gasteiger partial charge in [-0.2, -0.15) is 0 Å². The summed E-state index contributed by atoms with van der Waals surface area (Å²) in [7, 11) is 1.63. The maximum Gasteiger partial charge on any atom is 0.220 e. The molecule has 0 fully saturated rings. The number of thiocarbonyl (C=S) groups is 1. The van der Waals surface area contributed by atoms with Crippen LogP contribution in [0.4, 0.5) is 5.69 Å². The van der Waals surface area contributed by atoms with Gasteiger partial charge in [0.25, 0.3) is 0 Å². The minimum Gasteiger partial charge on any atom is -0.493 e. The van der Waals surface area contributed by atoms with Gasteiger partial charge in [0.15, 0.2) is 5.69 Å². The zero-order valence-electron chi connectivity index (χ0n) is 16.5. The molecular weight excluding hydrogens is 362 g/mol. The minimum absolute atomic E-state index is 0.0328. The zero-order chi connectivity index (χ0) is 19.8. The number of ether oxygens (including phenoxy) is 1. The van der Waals surface area contributed by atoms with Crippen LogP contribution in [-0.2, 0) is 11.3 Å². The highest BCUT2D eigenvalue weighted by Gasteiger charge is 2.17. The maximum atomic E-state index is 10.8. The number of hydrogen-bond donors (Lipinski definition) is 2. The van der Waals surface area contributed by atoms with Gasteiger partial charge in [-0.15, -0.1) is 10.2 Å². The van der Waals surface area contributed by atoms with Gasteiger partial charge in [0.2, 0.25) is 11.0 Å². The summed E-state index contributed by atoms with van der Waals surface area (Å²) < 4.78 is 6.95. The van der Waals surface area contributed by atoms with Crippen molar-refractivity contribution < 1.29 is 9.84 Å². The number of benzene rings is 1. The number of methoxy groups -OCH3 is 1. The van der Waals surface area contributed by atoms with Crippen LogP contribution in [0.3, 0.4) is 0 Å². The molecule has 2 N–H and O–H groups in total. The first kappa shape index (κ1) is 21.3. The highest BCUT2D eigenvalue weighted by Crippen LogP contribution is 2.38. The number of azo groups is 1. The van der Waals surface area contributed by atoms with Crippen LogP contribution in [0.1, 0.15) is 20.8 Å². The first-order valence-electron chi connectivity index (χ1n) is 9.25. The van der Waals surface area contributed by atoms with Crippen LogP contribution in [0.25, 0.3) is 10.9 Å².